The summed E-state index contributed by atoms with van der Waals surface area (Å²) in [5.41, 5.74) is 0.489. The van der Waals surface area contributed by atoms with Crippen LogP contribution >= 0.6 is 0 Å². The summed E-state index contributed by atoms with van der Waals surface area (Å²) >= 11 is 0. The van der Waals surface area contributed by atoms with Crippen LogP contribution in [0, 0.1) is 16.0 Å². The maximum absolute atomic E-state index is 11.8. The van der Waals surface area contributed by atoms with Gasteiger partial charge in [0.05, 0.1) is 23.5 Å². The molecule has 0 bridgehead atoms. The minimum Gasteiger partial charge on any atom is -0.430 e. The Labute approximate surface area is 149 Å². The van der Waals surface area contributed by atoms with E-state index in [0.29, 0.717) is 5.56 Å². The van der Waals surface area contributed by atoms with Crippen molar-refractivity contribution in [3.05, 3.63) is 39.9 Å². The van der Waals surface area contributed by atoms with E-state index in [1.165, 1.54) is 31.4 Å². The molecule has 1 fully saturated rings. The Hall–Kier alpha value is -2.72. The van der Waals surface area contributed by atoms with Crippen LogP contribution in [0.5, 0.6) is 0 Å². The molecule has 1 aromatic rings. The lowest BCUT2D eigenvalue weighted by Gasteiger charge is -2.42. The topological polar surface area (TPSA) is 137 Å². The van der Waals surface area contributed by atoms with Crippen molar-refractivity contribution >= 4 is 17.7 Å². The fourth-order valence-corrected chi connectivity index (χ4v) is 2.70. The van der Waals surface area contributed by atoms with Crippen LogP contribution in [0.3, 0.4) is 0 Å². The number of methoxy groups -OCH3 is 1. The molecular formula is C16H20N2O8. The molecule has 10 nitrogen and oxygen atoms in total. The molecule has 1 aliphatic heterocycles. The molecular weight excluding hydrogens is 348 g/mol. The highest BCUT2D eigenvalue weighted by Crippen LogP contribution is 2.25. The Balaban J connectivity index is 1.84. The summed E-state index contributed by atoms with van der Waals surface area (Å²) in [6.07, 6.45) is -2.34. The Bertz CT molecular complexity index is 659. The van der Waals surface area contributed by atoms with Crippen molar-refractivity contribution in [3.8, 4) is 0 Å². The number of hydrogen-bond acceptors (Lipinski definition) is 8. The minimum absolute atomic E-state index is 0.0661. The highest BCUT2D eigenvalue weighted by Gasteiger charge is 2.48. The van der Waals surface area contributed by atoms with E-state index in [1.807, 2.05) is 0 Å². The predicted molar refractivity (Wildman–Crippen MR) is 87.1 cm³/mol. The zero-order chi connectivity index (χ0) is 19.3. The second-order valence-electron chi connectivity index (χ2n) is 5.80. The Kier molecular flexibility index (Phi) is 6.47. The number of carbonyl (C=O) groups excluding carboxylic acids is 2. The maximum Gasteiger partial charge on any atom is 0.508 e. The number of nitrogens with one attached hydrogen (secondary N) is 1. The quantitative estimate of drug-likeness (QED) is 0.297. The number of aliphatic hydroxyl groups is 1. The molecule has 4 atom stereocenters. The van der Waals surface area contributed by atoms with Crippen LogP contribution in [0.25, 0.3) is 0 Å². The molecule has 1 aliphatic rings. The van der Waals surface area contributed by atoms with Gasteiger partial charge in [0.15, 0.2) is 0 Å². The van der Waals surface area contributed by atoms with Crippen molar-refractivity contribution in [1.29, 1.82) is 0 Å². The van der Waals surface area contributed by atoms with E-state index in [2.05, 4.69) is 5.32 Å². The predicted octanol–water partition coefficient (Wildman–Crippen LogP) is 0.758. The number of hydrogen-bond donors (Lipinski definition) is 2. The number of amides is 1. The van der Waals surface area contributed by atoms with Crippen molar-refractivity contribution in [1.82, 2.24) is 5.32 Å². The number of nitro benzene ring substituents is 1. The summed E-state index contributed by atoms with van der Waals surface area (Å²) in [6.45, 7) is 1.14. The summed E-state index contributed by atoms with van der Waals surface area (Å²) < 4.78 is 15.2. The molecule has 1 aromatic carbocycles. The molecule has 0 aromatic heterocycles. The standard InChI is InChI=1S/C16H20N2O8/c1-9(13-14(17-15(13)20)12(7-19)24-2)26-16(21)25-8-10-3-5-11(6-4-10)18(22)23/h3-6,9,12-14,19H,7-8H2,1-2H3,(H,17,20)/t9-,12+,13-,14-/m1/s1. The first-order valence-electron chi connectivity index (χ1n) is 7.88. The molecule has 2 rings (SSSR count). The third kappa shape index (κ3) is 4.46. The zero-order valence-electron chi connectivity index (χ0n) is 14.3. The summed E-state index contributed by atoms with van der Waals surface area (Å²) in [4.78, 5) is 33.6. The van der Waals surface area contributed by atoms with Gasteiger partial charge in [-0.05, 0) is 24.6 Å². The molecule has 1 amide bonds. The molecule has 1 heterocycles. The summed E-state index contributed by atoms with van der Waals surface area (Å²) in [5.74, 6) is -0.958. The number of aliphatic hydroxyl groups excluding tert-OH is 1. The van der Waals surface area contributed by atoms with Crippen molar-refractivity contribution in [3.63, 3.8) is 0 Å². The average Bonchev–Trinajstić information content (AvgIpc) is 2.60. The second-order valence-corrected chi connectivity index (χ2v) is 5.80. The number of β-lactam (4-membered cyclic amide) rings is 1. The van der Waals surface area contributed by atoms with Gasteiger partial charge in [-0.2, -0.15) is 0 Å². The number of benzene rings is 1. The first-order chi connectivity index (χ1) is 12.4. The molecule has 2 N–H and O–H groups in total. The van der Waals surface area contributed by atoms with Crippen LogP contribution in [0.15, 0.2) is 24.3 Å². The number of non-ortho nitro benzene ring substituents is 1. The highest BCUT2D eigenvalue weighted by molar-refractivity contribution is 5.87. The minimum atomic E-state index is -0.965. The normalized spacial score (nSPS) is 21.1. The van der Waals surface area contributed by atoms with E-state index >= 15 is 0 Å². The van der Waals surface area contributed by atoms with Crippen LogP contribution in [0.4, 0.5) is 10.5 Å². The van der Waals surface area contributed by atoms with E-state index in [0.717, 1.165) is 0 Å². The number of ether oxygens (including phenoxy) is 3. The SMILES string of the molecule is CO[C@@H](CO)[C@H]1NC(=O)[C@@H]1[C@@H](C)OC(=O)OCc1ccc([N+](=O)[O-])cc1. The molecule has 0 spiro atoms. The lowest BCUT2D eigenvalue weighted by atomic mass is 9.82. The van der Waals surface area contributed by atoms with Gasteiger partial charge >= 0.3 is 6.16 Å². The van der Waals surface area contributed by atoms with Crippen LogP contribution in [0.1, 0.15) is 12.5 Å². The smallest absolute Gasteiger partial charge is 0.430 e. The summed E-state index contributed by atoms with van der Waals surface area (Å²) in [7, 11) is 1.41. The van der Waals surface area contributed by atoms with E-state index in [4.69, 9.17) is 14.2 Å². The highest BCUT2D eigenvalue weighted by atomic mass is 16.7. The van der Waals surface area contributed by atoms with Gasteiger partial charge in [0.2, 0.25) is 5.91 Å². The molecule has 1 saturated heterocycles. The third-order valence-electron chi connectivity index (χ3n) is 4.17. The van der Waals surface area contributed by atoms with Gasteiger partial charge in [-0.25, -0.2) is 4.79 Å². The fourth-order valence-electron chi connectivity index (χ4n) is 2.70. The zero-order valence-corrected chi connectivity index (χ0v) is 14.3. The summed E-state index contributed by atoms with van der Waals surface area (Å²) in [5, 5.41) is 22.4. The lowest BCUT2D eigenvalue weighted by Crippen LogP contribution is -2.67. The van der Waals surface area contributed by atoms with Crippen molar-refractivity contribution < 1.29 is 33.8 Å². The summed E-state index contributed by atoms with van der Waals surface area (Å²) in [6, 6.07) is 5.07. The van der Waals surface area contributed by atoms with Gasteiger partial charge in [-0.3, -0.25) is 14.9 Å². The second kappa shape index (κ2) is 8.59. The van der Waals surface area contributed by atoms with Crippen LogP contribution in [0.2, 0.25) is 0 Å². The van der Waals surface area contributed by atoms with Gasteiger partial charge in [-0.15, -0.1) is 0 Å². The number of carbonyl (C=O) groups is 2. The van der Waals surface area contributed by atoms with Gasteiger partial charge in [0.1, 0.15) is 18.8 Å². The molecule has 26 heavy (non-hydrogen) atoms. The van der Waals surface area contributed by atoms with Crippen LogP contribution < -0.4 is 5.32 Å². The van der Waals surface area contributed by atoms with Crippen LogP contribution in [-0.2, 0) is 25.6 Å². The Morgan fingerprint density at radius 3 is 2.54 bits per heavy atom. The first kappa shape index (κ1) is 19.6. The van der Waals surface area contributed by atoms with Gasteiger partial charge < -0.3 is 24.6 Å². The van der Waals surface area contributed by atoms with Gasteiger partial charge in [-0.1, -0.05) is 0 Å². The largest absolute Gasteiger partial charge is 0.508 e. The maximum atomic E-state index is 11.8. The van der Waals surface area contributed by atoms with Gasteiger partial charge in [0, 0.05) is 19.2 Å². The molecule has 142 valence electrons. The van der Waals surface area contributed by atoms with Crippen molar-refractivity contribution in [2.45, 2.75) is 31.8 Å². The van der Waals surface area contributed by atoms with Gasteiger partial charge in [0.25, 0.3) is 5.69 Å². The Morgan fingerprint density at radius 1 is 1.38 bits per heavy atom. The Morgan fingerprint density at radius 2 is 2.04 bits per heavy atom. The van der Waals surface area contributed by atoms with E-state index in [9.17, 15) is 24.8 Å². The van der Waals surface area contributed by atoms with Crippen LogP contribution in [-0.4, -0.2) is 54.1 Å². The third-order valence-corrected chi connectivity index (χ3v) is 4.17. The molecule has 10 heteroatoms. The number of nitro groups is 1. The molecule has 0 unspecified atom stereocenters. The lowest BCUT2D eigenvalue weighted by molar-refractivity contribution is -0.384. The number of rotatable bonds is 8. The monoisotopic (exact) mass is 368 g/mol. The molecule has 0 saturated carbocycles. The fraction of sp³-hybridized carbons (Fsp3) is 0.500. The van der Waals surface area contributed by atoms with Crippen molar-refractivity contribution in [2.24, 2.45) is 5.92 Å². The van der Waals surface area contributed by atoms with Crippen molar-refractivity contribution in [2.75, 3.05) is 13.7 Å². The van der Waals surface area contributed by atoms with E-state index < -0.39 is 35.2 Å². The average molecular weight is 368 g/mol. The van der Waals surface area contributed by atoms with E-state index in [-0.39, 0.29) is 24.8 Å². The first-order valence-corrected chi connectivity index (χ1v) is 7.88. The number of nitrogens with zero attached hydrogens (tertiary/aromatic N) is 1. The molecule has 0 radical (unpaired) electrons. The van der Waals surface area contributed by atoms with E-state index in [1.54, 1.807) is 6.92 Å². The molecule has 0 aliphatic carbocycles.